The van der Waals surface area contributed by atoms with Crippen molar-refractivity contribution in [1.82, 2.24) is 10.2 Å². The highest BCUT2D eigenvalue weighted by atomic mass is 16.5. The van der Waals surface area contributed by atoms with Crippen LogP contribution in [0.2, 0.25) is 0 Å². The average Bonchev–Trinajstić information content (AvgIpc) is 2.60. The molecule has 0 spiro atoms. The first-order valence-corrected chi connectivity index (χ1v) is 8.75. The third-order valence-corrected chi connectivity index (χ3v) is 4.41. The fraction of sp³-hybridized carbons (Fsp3) is 0.556. The molecule has 2 heterocycles. The minimum Gasteiger partial charge on any atom is -0.423 e. The lowest BCUT2D eigenvalue weighted by Gasteiger charge is -2.29. The number of nitrogens with zero attached hydrogens (tertiary/aromatic N) is 2. The number of rotatable bonds is 6. The second-order valence-electron chi connectivity index (χ2n) is 6.46. The molecule has 0 radical (unpaired) electrons. The predicted molar refractivity (Wildman–Crippen MR) is 93.9 cm³/mol. The van der Waals surface area contributed by atoms with Crippen molar-refractivity contribution >= 4 is 17.6 Å². The summed E-state index contributed by atoms with van der Waals surface area (Å²) in [4.78, 5) is 28.1. The predicted octanol–water partition coefficient (Wildman–Crippen LogP) is 0.559. The van der Waals surface area contributed by atoms with Gasteiger partial charge in [0.15, 0.2) is 5.75 Å². The van der Waals surface area contributed by atoms with Crippen LogP contribution in [0.1, 0.15) is 12.0 Å². The zero-order valence-electron chi connectivity index (χ0n) is 14.6. The molecule has 2 aliphatic rings. The van der Waals surface area contributed by atoms with Crippen molar-refractivity contribution in [3.8, 4) is 5.75 Å². The van der Waals surface area contributed by atoms with E-state index in [4.69, 9.17) is 9.47 Å². The molecule has 136 valence electrons. The molecule has 0 unspecified atom stereocenters. The van der Waals surface area contributed by atoms with Crippen LogP contribution in [0.4, 0.5) is 5.69 Å². The number of ether oxygens (including phenoxy) is 2. The third kappa shape index (κ3) is 4.93. The van der Waals surface area contributed by atoms with Crippen LogP contribution >= 0.6 is 0 Å². The number of carbonyl (C=O) groups excluding carboxylic acids is 2. The highest BCUT2D eigenvalue weighted by Crippen LogP contribution is 2.32. The molecule has 7 nitrogen and oxygen atoms in total. The molecule has 2 aliphatic heterocycles. The van der Waals surface area contributed by atoms with E-state index in [2.05, 4.69) is 10.2 Å². The minimum atomic E-state index is -0.337. The van der Waals surface area contributed by atoms with Crippen molar-refractivity contribution in [2.45, 2.75) is 13.3 Å². The van der Waals surface area contributed by atoms with Crippen molar-refractivity contribution in [2.75, 3.05) is 57.4 Å². The summed E-state index contributed by atoms with van der Waals surface area (Å²) in [7, 11) is 0. The van der Waals surface area contributed by atoms with E-state index in [9.17, 15) is 9.59 Å². The lowest BCUT2D eigenvalue weighted by molar-refractivity contribution is -0.133. The van der Waals surface area contributed by atoms with E-state index in [0.29, 0.717) is 12.3 Å². The van der Waals surface area contributed by atoms with Gasteiger partial charge in [-0.25, -0.2) is 4.79 Å². The van der Waals surface area contributed by atoms with E-state index in [1.54, 1.807) is 11.0 Å². The Hall–Kier alpha value is -2.12. The molecule has 7 heteroatoms. The average molecular weight is 347 g/mol. The van der Waals surface area contributed by atoms with Crippen molar-refractivity contribution in [1.29, 1.82) is 0 Å². The molecule has 1 amide bonds. The van der Waals surface area contributed by atoms with Gasteiger partial charge >= 0.3 is 5.97 Å². The van der Waals surface area contributed by atoms with E-state index in [0.717, 1.165) is 50.5 Å². The maximum Gasteiger partial charge on any atom is 0.331 e. The normalized spacial score (nSPS) is 17.8. The van der Waals surface area contributed by atoms with Gasteiger partial charge < -0.3 is 19.7 Å². The van der Waals surface area contributed by atoms with Crippen LogP contribution in [-0.4, -0.2) is 69.3 Å². The molecule has 0 saturated carbocycles. The van der Waals surface area contributed by atoms with E-state index in [-0.39, 0.29) is 25.0 Å². The van der Waals surface area contributed by atoms with Gasteiger partial charge in [0.1, 0.15) is 6.54 Å². The summed E-state index contributed by atoms with van der Waals surface area (Å²) in [5.41, 5.74) is 1.86. The van der Waals surface area contributed by atoms with Gasteiger partial charge in [0.25, 0.3) is 0 Å². The summed E-state index contributed by atoms with van der Waals surface area (Å²) >= 11 is 0. The van der Waals surface area contributed by atoms with Gasteiger partial charge in [0, 0.05) is 19.6 Å². The number of amides is 1. The second kappa shape index (κ2) is 8.31. The first kappa shape index (κ1) is 17.7. The second-order valence-corrected chi connectivity index (χ2v) is 6.46. The molecule has 0 bridgehead atoms. The van der Waals surface area contributed by atoms with Gasteiger partial charge in [-0.05, 0) is 37.6 Å². The molecule has 1 N–H and O–H groups in total. The Labute approximate surface area is 147 Å². The van der Waals surface area contributed by atoms with Crippen molar-refractivity contribution in [2.24, 2.45) is 0 Å². The number of morpholine rings is 1. The van der Waals surface area contributed by atoms with Gasteiger partial charge in [0.05, 0.1) is 25.4 Å². The molecule has 0 atom stereocenters. The van der Waals surface area contributed by atoms with Gasteiger partial charge in [-0.1, -0.05) is 6.07 Å². The van der Waals surface area contributed by atoms with Crippen LogP contribution in [0.5, 0.6) is 5.75 Å². The van der Waals surface area contributed by atoms with E-state index < -0.39 is 0 Å². The van der Waals surface area contributed by atoms with Gasteiger partial charge in [-0.3, -0.25) is 9.69 Å². The van der Waals surface area contributed by atoms with Crippen LogP contribution in [-0.2, 0) is 14.3 Å². The third-order valence-electron chi connectivity index (χ3n) is 4.41. The lowest BCUT2D eigenvalue weighted by atomic mass is 10.1. The summed E-state index contributed by atoms with van der Waals surface area (Å²) in [5, 5.41) is 2.94. The van der Waals surface area contributed by atoms with Crippen molar-refractivity contribution in [3.63, 3.8) is 0 Å². The monoisotopic (exact) mass is 347 g/mol. The SMILES string of the molecule is Cc1ccc2c(c1)N(CC(=O)NCCCN1CCOCC1)CC(=O)O2. The number of esters is 1. The van der Waals surface area contributed by atoms with E-state index in [1.807, 2.05) is 19.1 Å². The number of carbonyl (C=O) groups is 2. The number of aryl methyl sites for hydroxylation is 1. The van der Waals surface area contributed by atoms with Crippen LogP contribution in [0.15, 0.2) is 18.2 Å². The summed E-state index contributed by atoms with van der Waals surface area (Å²) < 4.78 is 10.6. The molecule has 25 heavy (non-hydrogen) atoms. The largest absolute Gasteiger partial charge is 0.423 e. The van der Waals surface area contributed by atoms with Crippen LogP contribution in [0.25, 0.3) is 0 Å². The van der Waals surface area contributed by atoms with Crippen molar-refractivity contribution < 1.29 is 19.1 Å². The van der Waals surface area contributed by atoms with Gasteiger partial charge in [-0.15, -0.1) is 0 Å². The summed E-state index contributed by atoms with van der Waals surface area (Å²) in [6.45, 7) is 7.31. The fourth-order valence-corrected chi connectivity index (χ4v) is 3.08. The Balaban J connectivity index is 1.46. The number of nitrogens with one attached hydrogen (secondary N) is 1. The molecular formula is C18H25N3O4. The van der Waals surface area contributed by atoms with Gasteiger partial charge in [0.2, 0.25) is 5.91 Å². The Morgan fingerprint density at radius 3 is 2.88 bits per heavy atom. The first-order valence-electron chi connectivity index (χ1n) is 8.75. The summed E-state index contributed by atoms with van der Waals surface area (Å²) in [5.74, 6) is 0.0996. The molecule has 1 fully saturated rings. The van der Waals surface area contributed by atoms with Crippen LogP contribution in [0, 0.1) is 6.92 Å². The molecule has 1 saturated heterocycles. The Morgan fingerprint density at radius 1 is 1.28 bits per heavy atom. The fourth-order valence-electron chi connectivity index (χ4n) is 3.08. The number of hydrogen-bond donors (Lipinski definition) is 1. The lowest BCUT2D eigenvalue weighted by Crippen LogP contribution is -2.44. The zero-order chi connectivity index (χ0) is 17.6. The van der Waals surface area contributed by atoms with E-state index in [1.165, 1.54) is 0 Å². The highest BCUT2D eigenvalue weighted by Gasteiger charge is 2.25. The Bertz CT molecular complexity index is 629. The Kier molecular flexibility index (Phi) is 5.88. The van der Waals surface area contributed by atoms with Crippen LogP contribution in [0.3, 0.4) is 0 Å². The highest BCUT2D eigenvalue weighted by molar-refractivity contribution is 5.89. The Morgan fingerprint density at radius 2 is 2.08 bits per heavy atom. The number of benzene rings is 1. The van der Waals surface area contributed by atoms with Crippen LogP contribution < -0.4 is 15.0 Å². The molecule has 1 aromatic rings. The number of fused-ring (bicyclic) bond motifs is 1. The molecule has 3 rings (SSSR count). The minimum absolute atomic E-state index is 0.0795. The quantitative estimate of drug-likeness (QED) is 0.461. The maximum absolute atomic E-state index is 12.2. The van der Waals surface area contributed by atoms with Gasteiger partial charge in [-0.2, -0.15) is 0 Å². The molecule has 1 aromatic carbocycles. The number of hydrogen-bond acceptors (Lipinski definition) is 6. The smallest absolute Gasteiger partial charge is 0.331 e. The molecule has 0 aliphatic carbocycles. The molecule has 0 aromatic heterocycles. The standard InChI is InChI=1S/C18H25N3O4/c1-14-3-4-16-15(11-14)21(13-18(23)25-16)12-17(22)19-5-2-6-20-7-9-24-10-8-20/h3-4,11H,2,5-10,12-13H2,1H3,(H,19,22). The number of anilines is 1. The molecular weight excluding hydrogens is 322 g/mol. The summed E-state index contributed by atoms with van der Waals surface area (Å²) in [6, 6.07) is 5.60. The van der Waals surface area contributed by atoms with Crippen molar-refractivity contribution in [3.05, 3.63) is 23.8 Å². The summed E-state index contributed by atoms with van der Waals surface area (Å²) in [6.07, 6.45) is 0.906. The zero-order valence-corrected chi connectivity index (χ0v) is 14.6. The first-order chi connectivity index (χ1) is 12.1. The van der Waals surface area contributed by atoms with E-state index >= 15 is 0 Å². The maximum atomic E-state index is 12.2. The topological polar surface area (TPSA) is 71.1 Å².